The fourth-order valence-electron chi connectivity index (χ4n) is 2.72. The number of aromatic nitrogens is 2. The number of methoxy groups -OCH3 is 1. The van der Waals surface area contributed by atoms with E-state index in [0.29, 0.717) is 11.4 Å². The van der Waals surface area contributed by atoms with Gasteiger partial charge in [0, 0.05) is 17.3 Å². The Hall–Kier alpha value is -3.29. The molecular formula is C20H18F3N3O2. The van der Waals surface area contributed by atoms with Gasteiger partial charge in [-0.1, -0.05) is 36.4 Å². The normalized spacial score (nSPS) is 12.5. The molecular weight excluding hydrogens is 371 g/mol. The van der Waals surface area contributed by atoms with Crippen LogP contribution in [0.15, 0.2) is 54.6 Å². The van der Waals surface area contributed by atoms with Gasteiger partial charge in [-0.05, 0) is 30.2 Å². The summed E-state index contributed by atoms with van der Waals surface area (Å²) in [6.45, 7) is 1.59. The topological polar surface area (TPSA) is 70.3 Å². The number of aryl methyl sites for hydroxylation is 1. The smallest absolute Gasteiger partial charge is 0.429 e. The predicted molar refractivity (Wildman–Crippen MR) is 99.0 cm³/mol. The van der Waals surface area contributed by atoms with Gasteiger partial charge in [0.15, 0.2) is 0 Å². The fraction of sp³-hybridized carbons (Fsp3) is 0.200. The maximum Gasteiger partial charge on any atom is 0.429 e. The number of halogens is 3. The van der Waals surface area contributed by atoms with Gasteiger partial charge in [0.1, 0.15) is 5.75 Å². The zero-order chi connectivity index (χ0) is 20.3. The Labute approximate surface area is 160 Å². The molecule has 1 unspecified atom stereocenters. The summed E-state index contributed by atoms with van der Waals surface area (Å²) in [5.74, 6) is 0.281. The number of nitrogens with two attached hydrogens (primary N) is 1. The summed E-state index contributed by atoms with van der Waals surface area (Å²) in [5, 5.41) is 0. The van der Waals surface area contributed by atoms with Crippen LogP contribution < -0.4 is 15.2 Å². The minimum Gasteiger partial charge on any atom is -0.497 e. The Kier molecular flexibility index (Phi) is 5.39. The van der Waals surface area contributed by atoms with Crippen LogP contribution in [-0.2, 0) is 0 Å². The van der Waals surface area contributed by atoms with Crippen LogP contribution in [0.4, 0.5) is 19.1 Å². The Morgan fingerprint density at radius 1 is 0.964 bits per heavy atom. The lowest BCUT2D eigenvalue weighted by Gasteiger charge is -2.22. The standard InChI is InChI=1S/C20H18F3N3O2/c1-12-10-17(26-19(24)25-12)28-18(20(21,22)23)14-8-6-13(7-9-14)15-4-3-5-16(11-15)27-2/h3-11,18H,1-2H3,(H2,24,25,26). The van der Waals surface area contributed by atoms with Crippen LogP contribution in [0, 0.1) is 6.92 Å². The van der Waals surface area contributed by atoms with E-state index in [9.17, 15) is 13.2 Å². The first-order chi connectivity index (χ1) is 13.3. The molecule has 5 nitrogen and oxygen atoms in total. The van der Waals surface area contributed by atoms with Crippen molar-refractivity contribution in [2.75, 3.05) is 12.8 Å². The fourth-order valence-corrected chi connectivity index (χ4v) is 2.72. The van der Waals surface area contributed by atoms with E-state index in [4.69, 9.17) is 15.2 Å². The van der Waals surface area contributed by atoms with Gasteiger partial charge >= 0.3 is 6.18 Å². The number of rotatable bonds is 5. The lowest BCUT2D eigenvalue weighted by molar-refractivity contribution is -0.198. The predicted octanol–water partition coefficient (Wildman–Crippen LogP) is 4.73. The lowest BCUT2D eigenvalue weighted by atomic mass is 10.0. The monoisotopic (exact) mass is 389 g/mol. The summed E-state index contributed by atoms with van der Waals surface area (Å²) in [7, 11) is 1.55. The Morgan fingerprint density at radius 3 is 2.29 bits per heavy atom. The van der Waals surface area contributed by atoms with Crippen LogP contribution in [0.3, 0.4) is 0 Å². The summed E-state index contributed by atoms with van der Waals surface area (Å²) in [6.07, 6.45) is -6.81. The molecule has 146 valence electrons. The van der Waals surface area contributed by atoms with Gasteiger partial charge < -0.3 is 15.2 Å². The summed E-state index contributed by atoms with van der Waals surface area (Å²) in [5.41, 5.74) is 7.45. The third-order valence-electron chi connectivity index (χ3n) is 4.00. The quantitative estimate of drug-likeness (QED) is 0.683. The Morgan fingerprint density at radius 2 is 1.68 bits per heavy atom. The van der Waals surface area contributed by atoms with Gasteiger partial charge in [-0.3, -0.25) is 0 Å². The first-order valence-electron chi connectivity index (χ1n) is 8.35. The Balaban J connectivity index is 1.90. The number of hydrogen-bond donors (Lipinski definition) is 1. The molecule has 0 spiro atoms. The van der Waals surface area contributed by atoms with E-state index >= 15 is 0 Å². The molecule has 0 aliphatic rings. The average molecular weight is 389 g/mol. The van der Waals surface area contributed by atoms with E-state index < -0.39 is 12.3 Å². The average Bonchev–Trinajstić information content (AvgIpc) is 2.65. The molecule has 0 radical (unpaired) electrons. The maximum absolute atomic E-state index is 13.6. The number of nitrogens with zero attached hydrogens (tertiary/aromatic N) is 2. The van der Waals surface area contributed by atoms with Crippen molar-refractivity contribution in [3.8, 4) is 22.8 Å². The highest BCUT2D eigenvalue weighted by Crippen LogP contribution is 2.37. The molecule has 0 aliphatic heterocycles. The van der Waals surface area contributed by atoms with Crippen LogP contribution in [0.2, 0.25) is 0 Å². The highest BCUT2D eigenvalue weighted by Gasteiger charge is 2.43. The molecule has 0 fully saturated rings. The van der Waals surface area contributed by atoms with E-state index in [-0.39, 0.29) is 17.4 Å². The molecule has 0 aliphatic carbocycles. The van der Waals surface area contributed by atoms with Gasteiger partial charge in [-0.2, -0.15) is 18.2 Å². The van der Waals surface area contributed by atoms with Crippen LogP contribution in [-0.4, -0.2) is 23.3 Å². The summed E-state index contributed by atoms with van der Waals surface area (Å²) in [4.78, 5) is 7.56. The van der Waals surface area contributed by atoms with Crippen LogP contribution in [0.5, 0.6) is 11.6 Å². The maximum atomic E-state index is 13.6. The lowest BCUT2D eigenvalue weighted by Crippen LogP contribution is -2.26. The van der Waals surface area contributed by atoms with Gasteiger partial charge in [0.05, 0.1) is 7.11 Å². The number of nitrogen functional groups attached to an aromatic ring is 1. The minimum absolute atomic E-state index is 0.0472. The minimum atomic E-state index is -4.63. The Bertz CT molecular complexity index is 939. The van der Waals surface area contributed by atoms with Crippen molar-refractivity contribution >= 4 is 5.95 Å². The molecule has 1 heterocycles. The van der Waals surface area contributed by atoms with Crippen molar-refractivity contribution in [1.29, 1.82) is 0 Å². The van der Waals surface area contributed by atoms with Crippen LogP contribution in [0.1, 0.15) is 17.4 Å². The van der Waals surface area contributed by atoms with Crippen LogP contribution in [0.25, 0.3) is 11.1 Å². The van der Waals surface area contributed by atoms with Crippen molar-refractivity contribution in [3.63, 3.8) is 0 Å². The number of benzene rings is 2. The van der Waals surface area contributed by atoms with E-state index in [0.717, 1.165) is 11.1 Å². The highest BCUT2D eigenvalue weighted by atomic mass is 19.4. The SMILES string of the molecule is COc1cccc(-c2ccc(C(Oc3cc(C)nc(N)n3)C(F)(F)F)cc2)c1. The zero-order valence-electron chi connectivity index (χ0n) is 15.2. The van der Waals surface area contributed by atoms with Crippen molar-refractivity contribution < 1.29 is 22.6 Å². The third kappa shape index (κ3) is 4.51. The van der Waals surface area contributed by atoms with E-state index in [2.05, 4.69) is 9.97 Å². The van der Waals surface area contributed by atoms with Gasteiger partial charge in [-0.25, -0.2) is 4.98 Å². The van der Waals surface area contributed by atoms with Gasteiger partial charge in [0.25, 0.3) is 0 Å². The molecule has 3 rings (SSSR count). The molecule has 1 atom stereocenters. The summed E-state index contributed by atoms with van der Waals surface area (Å²) >= 11 is 0. The van der Waals surface area contributed by atoms with E-state index in [1.807, 2.05) is 12.1 Å². The van der Waals surface area contributed by atoms with Gasteiger partial charge in [0.2, 0.25) is 17.9 Å². The zero-order valence-corrected chi connectivity index (χ0v) is 15.2. The van der Waals surface area contributed by atoms with E-state index in [1.165, 1.54) is 18.2 Å². The summed E-state index contributed by atoms with van der Waals surface area (Å²) < 4.78 is 51.1. The molecule has 1 aromatic heterocycles. The van der Waals surface area contributed by atoms with Crippen LogP contribution >= 0.6 is 0 Å². The van der Waals surface area contributed by atoms with Crippen molar-refractivity contribution in [2.24, 2.45) is 0 Å². The first-order valence-corrected chi connectivity index (χ1v) is 8.35. The number of anilines is 1. The highest BCUT2D eigenvalue weighted by molar-refractivity contribution is 5.65. The molecule has 0 saturated heterocycles. The largest absolute Gasteiger partial charge is 0.497 e. The molecule has 3 aromatic rings. The molecule has 2 aromatic carbocycles. The van der Waals surface area contributed by atoms with Crippen molar-refractivity contribution in [2.45, 2.75) is 19.2 Å². The second-order valence-electron chi connectivity index (χ2n) is 6.10. The second-order valence-corrected chi connectivity index (χ2v) is 6.10. The second kappa shape index (κ2) is 7.75. The summed E-state index contributed by atoms with van der Waals surface area (Å²) in [6, 6.07) is 14.5. The van der Waals surface area contributed by atoms with E-state index in [1.54, 1.807) is 38.3 Å². The number of alkyl halides is 3. The molecule has 0 bridgehead atoms. The van der Waals surface area contributed by atoms with Crippen molar-refractivity contribution in [3.05, 3.63) is 65.9 Å². The van der Waals surface area contributed by atoms with Crippen molar-refractivity contribution in [1.82, 2.24) is 9.97 Å². The van der Waals surface area contributed by atoms with Gasteiger partial charge in [-0.15, -0.1) is 0 Å². The number of ether oxygens (including phenoxy) is 2. The molecule has 0 amide bonds. The molecule has 28 heavy (non-hydrogen) atoms. The molecule has 2 N–H and O–H groups in total. The molecule has 8 heteroatoms. The first kappa shape index (κ1) is 19.5. The molecule has 0 saturated carbocycles. The number of hydrogen-bond acceptors (Lipinski definition) is 5. The third-order valence-corrected chi connectivity index (χ3v) is 4.00.